The van der Waals surface area contributed by atoms with Gasteiger partial charge in [-0.05, 0) is 36.4 Å². The van der Waals surface area contributed by atoms with Crippen LogP contribution in [-0.2, 0) is 9.59 Å². The van der Waals surface area contributed by atoms with Gasteiger partial charge in [0.25, 0.3) is 0 Å². The lowest BCUT2D eigenvalue weighted by molar-refractivity contribution is -0.122. The Morgan fingerprint density at radius 1 is 1.20 bits per heavy atom. The van der Waals surface area contributed by atoms with Crippen molar-refractivity contribution in [1.82, 2.24) is 9.97 Å². The highest BCUT2D eigenvalue weighted by molar-refractivity contribution is 6.03. The zero-order valence-electron chi connectivity index (χ0n) is 13.2. The maximum atomic E-state index is 13.0. The molecule has 0 spiro atoms. The van der Waals surface area contributed by atoms with Crippen LogP contribution in [0.15, 0.2) is 48.5 Å². The summed E-state index contributed by atoms with van der Waals surface area (Å²) in [5.41, 5.74) is 2.17. The lowest BCUT2D eigenvalue weighted by atomic mass is 10.1. The molecule has 1 aromatic heterocycles. The number of imidazole rings is 1. The molecule has 0 radical (unpaired) electrons. The van der Waals surface area contributed by atoms with Gasteiger partial charge in [0.1, 0.15) is 5.82 Å². The summed E-state index contributed by atoms with van der Waals surface area (Å²) in [7, 11) is 0. The molecule has 126 valence electrons. The molecule has 2 aromatic carbocycles. The Hall–Kier alpha value is -3.22. The minimum absolute atomic E-state index is 0.115. The molecular formula is C18H15FN4O2. The first-order valence-electron chi connectivity index (χ1n) is 7.92. The third-order valence-corrected chi connectivity index (χ3v) is 4.27. The van der Waals surface area contributed by atoms with E-state index in [0.717, 1.165) is 11.0 Å². The van der Waals surface area contributed by atoms with Crippen LogP contribution in [0.3, 0.4) is 0 Å². The Morgan fingerprint density at radius 3 is 2.72 bits per heavy atom. The molecule has 1 fully saturated rings. The molecule has 1 saturated heterocycles. The van der Waals surface area contributed by atoms with Crippen molar-refractivity contribution in [2.24, 2.45) is 5.92 Å². The van der Waals surface area contributed by atoms with Crippen LogP contribution in [0.1, 0.15) is 6.42 Å². The summed E-state index contributed by atoms with van der Waals surface area (Å²) in [5.74, 6) is -0.910. The summed E-state index contributed by atoms with van der Waals surface area (Å²) in [6.07, 6.45) is 0.115. The Kier molecular flexibility index (Phi) is 3.68. The van der Waals surface area contributed by atoms with Gasteiger partial charge in [-0.15, -0.1) is 0 Å². The van der Waals surface area contributed by atoms with Crippen molar-refractivity contribution in [2.45, 2.75) is 6.42 Å². The van der Waals surface area contributed by atoms with Crippen molar-refractivity contribution >= 4 is 34.5 Å². The number of fused-ring (bicyclic) bond motifs is 1. The van der Waals surface area contributed by atoms with Gasteiger partial charge >= 0.3 is 0 Å². The third kappa shape index (κ3) is 2.96. The number of benzene rings is 2. The summed E-state index contributed by atoms with van der Waals surface area (Å²) in [6, 6.07) is 13.1. The van der Waals surface area contributed by atoms with Crippen molar-refractivity contribution < 1.29 is 14.0 Å². The third-order valence-electron chi connectivity index (χ3n) is 4.27. The largest absolute Gasteiger partial charge is 0.324 e. The number of carbonyl (C=O) groups excluding carboxylic acids is 2. The van der Waals surface area contributed by atoms with Gasteiger partial charge in [-0.3, -0.25) is 14.9 Å². The summed E-state index contributed by atoms with van der Waals surface area (Å²) in [6.45, 7) is 0.260. The highest BCUT2D eigenvalue weighted by Crippen LogP contribution is 2.26. The fraction of sp³-hybridized carbons (Fsp3) is 0.167. The van der Waals surface area contributed by atoms with Crippen molar-refractivity contribution in [3.05, 3.63) is 54.3 Å². The van der Waals surface area contributed by atoms with E-state index in [1.807, 2.05) is 24.3 Å². The van der Waals surface area contributed by atoms with Crippen LogP contribution >= 0.6 is 0 Å². The molecule has 2 N–H and O–H groups in total. The van der Waals surface area contributed by atoms with E-state index in [2.05, 4.69) is 15.3 Å². The predicted molar refractivity (Wildman–Crippen MR) is 91.6 cm³/mol. The molecule has 1 atom stereocenters. The van der Waals surface area contributed by atoms with E-state index >= 15 is 0 Å². The average molecular weight is 338 g/mol. The molecular weight excluding hydrogens is 323 g/mol. The smallest absolute Gasteiger partial charge is 0.232 e. The van der Waals surface area contributed by atoms with Gasteiger partial charge in [0.2, 0.25) is 17.8 Å². The van der Waals surface area contributed by atoms with Gasteiger partial charge in [0.15, 0.2) is 0 Å². The Labute approximate surface area is 142 Å². The topological polar surface area (TPSA) is 78.1 Å². The number of anilines is 2. The zero-order valence-corrected chi connectivity index (χ0v) is 13.2. The first-order valence-corrected chi connectivity index (χ1v) is 7.92. The molecule has 4 rings (SSSR count). The Balaban J connectivity index is 1.47. The minimum Gasteiger partial charge on any atom is -0.324 e. The highest BCUT2D eigenvalue weighted by atomic mass is 19.1. The molecule has 6 nitrogen and oxygen atoms in total. The maximum Gasteiger partial charge on any atom is 0.232 e. The van der Waals surface area contributed by atoms with Crippen LogP contribution in [0.25, 0.3) is 11.0 Å². The van der Waals surface area contributed by atoms with Gasteiger partial charge in [-0.1, -0.05) is 12.1 Å². The van der Waals surface area contributed by atoms with Crippen molar-refractivity contribution in [3.63, 3.8) is 0 Å². The number of nitrogens with zero attached hydrogens (tertiary/aromatic N) is 2. The summed E-state index contributed by atoms with van der Waals surface area (Å²) < 4.78 is 13.0. The molecule has 0 bridgehead atoms. The number of rotatable bonds is 3. The van der Waals surface area contributed by atoms with Crippen molar-refractivity contribution in [3.8, 4) is 0 Å². The van der Waals surface area contributed by atoms with Gasteiger partial charge < -0.3 is 9.88 Å². The number of aromatic nitrogens is 2. The van der Waals surface area contributed by atoms with E-state index in [1.54, 1.807) is 0 Å². The second kappa shape index (κ2) is 6.01. The molecule has 0 unspecified atom stereocenters. The molecule has 3 aromatic rings. The number of H-pyrrole nitrogens is 1. The number of hydrogen-bond donors (Lipinski definition) is 2. The molecule has 1 aliphatic heterocycles. The molecule has 0 aliphatic carbocycles. The molecule has 1 aliphatic rings. The van der Waals surface area contributed by atoms with Crippen LogP contribution in [0.4, 0.5) is 16.0 Å². The quantitative estimate of drug-likeness (QED) is 0.771. The number of para-hydroxylation sites is 2. The van der Waals surface area contributed by atoms with E-state index in [4.69, 9.17) is 0 Å². The number of aromatic amines is 1. The SMILES string of the molecule is O=C(Nc1nc2ccccc2[nH]1)[C@H]1CC(=O)N(c2ccc(F)cc2)C1. The van der Waals surface area contributed by atoms with Crippen LogP contribution in [-0.4, -0.2) is 28.3 Å². The van der Waals surface area contributed by atoms with E-state index < -0.39 is 5.92 Å². The number of nitrogens with one attached hydrogen (secondary N) is 2. The molecule has 25 heavy (non-hydrogen) atoms. The molecule has 2 amide bonds. The fourth-order valence-electron chi connectivity index (χ4n) is 2.98. The number of carbonyl (C=O) groups is 2. The van der Waals surface area contributed by atoms with Gasteiger partial charge in [0, 0.05) is 18.7 Å². The lowest BCUT2D eigenvalue weighted by Gasteiger charge is -2.16. The first kappa shape index (κ1) is 15.3. The Morgan fingerprint density at radius 2 is 1.96 bits per heavy atom. The second-order valence-electron chi connectivity index (χ2n) is 5.97. The normalized spacial score (nSPS) is 17.2. The molecule has 0 saturated carbocycles. The van der Waals surface area contributed by atoms with Gasteiger partial charge in [-0.2, -0.15) is 0 Å². The number of amides is 2. The van der Waals surface area contributed by atoms with Crippen LogP contribution in [0.5, 0.6) is 0 Å². The summed E-state index contributed by atoms with van der Waals surface area (Å²) >= 11 is 0. The van der Waals surface area contributed by atoms with Gasteiger partial charge in [-0.25, -0.2) is 9.37 Å². The maximum absolute atomic E-state index is 13.0. The number of hydrogen-bond acceptors (Lipinski definition) is 3. The summed E-state index contributed by atoms with van der Waals surface area (Å²) in [4.78, 5) is 33.5. The average Bonchev–Trinajstić information content (AvgIpc) is 3.18. The van der Waals surface area contributed by atoms with E-state index in [0.29, 0.717) is 11.6 Å². The monoisotopic (exact) mass is 338 g/mol. The van der Waals surface area contributed by atoms with Crippen LogP contribution in [0, 0.1) is 11.7 Å². The van der Waals surface area contributed by atoms with Crippen molar-refractivity contribution in [2.75, 3.05) is 16.8 Å². The first-order chi connectivity index (χ1) is 12.1. The van der Waals surface area contributed by atoms with Gasteiger partial charge in [0.05, 0.1) is 17.0 Å². The van der Waals surface area contributed by atoms with E-state index in [1.165, 1.54) is 29.2 Å². The fourth-order valence-corrected chi connectivity index (χ4v) is 2.98. The second-order valence-corrected chi connectivity index (χ2v) is 5.97. The predicted octanol–water partition coefficient (Wildman–Crippen LogP) is 2.69. The molecule has 2 heterocycles. The number of halogens is 1. The zero-order chi connectivity index (χ0) is 17.4. The minimum atomic E-state index is -0.481. The Bertz CT molecular complexity index is 918. The van der Waals surface area contributed by atoms with E-state index in [-0.39, 0.29) is 30.6 Å². The lowest BCUT2D eigenvalue weighted by Crippen LogP contribution is -2.28. The van der Waals surface area contributed by atoms with E-state index in [9.17, 15) is 14.0 Å². The van der Waals surface area contributed by atoms with Crippen LogP contribution in [0.2, 0.25) is 0 Å². The standard InChI is InChI=1S/C18H15FN4O2/c19-12-5-7-13(8-6-12)23-10-11(9-16(23)24)17(25)22-18-20-14-3-1-2-4-15(14)21-18/h1-8,11H,9-10H2,(H2,20,21,22,25)/t11-/m0/s1. The summed E-state index contributed by atoms with van der Waals surface area (Å²) in [5, 5.41) is 2.73. The van der Waals surface area contributed by atoms with Crippen LogP contribution < -0.4 is 10.2 Å². The van der Waals surface area contributed by atoms with Crippen molar-refractivity contribution in [1.29, 1.82) is 0 Å². The highest BCUT2D eigenvalue weighted by Gasteiger charge is 2.35. The molecule has 7 heteroatoms.